The molecule has 0 saturated heterocycles. The molecular weight excluding hydrogens is 1400 g/mol. The molecule has 6 N–H and O–H groups in total. The van der Waals surface area contributed by atoms with Crippen LogP contribution in [0.4, 0.5) is 14.4 Å². The van der Waals surface area contributed by atoms with E-state index in [2.05, 4.69) is 97.7 Å². The van der Waals surface area contributed by atoms with E-state index in [0.29, 0.717) is 38.6 Å². The molecular formula is C58H70I3N9O6S3. The van der Waals surface area contributed by atoms with Gasteiger partial charge in [-0.3, -0.25) is 19.7 Å². The molecule has 79 heavy (non-hydrogen) atoms. The number of urea groups is 1. The number of nitrogens with one attached hydrogen (secondary N) is 4. The molecule has 1 aliphatic rings. The fourth-order valence-corrected chi connectivity index (χ4v) is 10.3. The maximum atomic E-state index is 13.7. The minimum absolute atomic E-state index is 0. The highest BCUT2D eigenvalue weighted by molar-refractivity contribution is 15.0. The van der Waals surface area contributed by atoms with Crippen LogP contribution in [-0.4, -0.2) is 80.2 Å². The molecule has 0 radical (unpaired) electrons. The predicted octanol–water partition coefficient (Wildman–Crippen LogP) is 12.8. The van der Waals surface area contributed by atoms with Crippen molar-refractivity contribution in [3.8, 4) is 0 Å². The van der Waals surface area contributed by atoms with Gasteiger partial charge in [-0.15, -0.1) is 58.0 Å². The highest BCUT2D eigenvalue weighted by Crippen LogP contribution is 2.29. The van der Waals surface area contributed by atoms with Gasteiger partial charge in [-0.2, -0.15) is 0 Å². The van der Waals surface area contributed by atoms with Crippen molar-refractivity contribution in [1.82, 2.24) is 41.1 Å². The van der Waals surface area contributed by atoms with Crippen molar-refractivity contribution in [3.05, 3.63) is 193 Å². The highest BCUT2D eigenvalue weighted by atomic mass is 128. The van der Waals surface area contributed by atoms with Crippen LogP contribution in [0.1, 0.15) is 88.8 Å². The summed E-state index contributed by atoms with van der Waals surface area (Å²) in [5.41, 5.74) is 16.1. The molecule has 0 bridgehead atoms. The Morgan fingerprint density at radius 2 is 0.949 bits per heavy atom. The van der Waals surface area contributed by atoms with Crippen LogP contribution >= 0.6 is 95.2 Å². The molecule has 7 aromatic rings. The van der Waals surface area contributed by atoms with Crippen LogP contribution in [0.2, 0.25) is 0 Å². The number of amides is 5. The van der Waals surface area contributed by atoms with Gasteiger partial charge in [0.05, 0.1) is 32.8 Å². The van der Waals surface area contributed by atoms with Crippen LogP contribution in [-0.2, 0) is 59.7 Å². The Hall–Kier alpha value is -4.80. The third kappa shape index (κ3) is 25.3. The molecule has 8 rings (SSSR count). The van der Waals surface area contributed by atoms with Crippen LogP contribution in [0.25, 0.3) is 0 Å². The van der Waals surface area contributed by atoms with Crippen molar-refractivity contribution < 1.29 is 28.7 Å². The number of hydrogen-bond donors (Lipinski definition) is 5. The van der Waals surface area contributed by atoms with Gasteiger partial charge in [0.2, 0.25) is 5.91 Å². The van der Waals surface area contributed by atoms with E-state index < -0.39 is 18.2 Å². The van der Waals surface area contributed by atoms with Crippen molar-refractivity contribution in [1.29, 1.82) is 0 Å². The molecule has 0 aliphatic heterocycles. The summed E-state index contributed by atoms with van der Waals surface area (Å²) in [4.78, 5) is 69.0. The Bertz CT molecular complexity index is 2740. The number of carbonyl (C=O) groups is 4. The number of nitrogens with two attached hydrogens (primary N) is 1. The first kappa shape index (κ1) is 65.0. The summed E-state index contributed by atoms with van der Waals surface area (Å²) in [6.45, 7) is 2.78. The molecule has 1 saturated carbocycles. The lowest BCUT2D eigenvalue weighted by molar-refractivity contribution is -0.123. The molecule has 0 unspecified atom stereocenters. The van der Waals surface area contributed by atoms with Gasteiger partial charge in [-0.05, 0) is 92.9 Å². The summed E-state index contributed by atoms with van der Waals surface area (Å²) in [6.07, 6.45) is 12.3. The minimum atomic E-state index is -0.677. The Balaban J connectivity index is 0.000000308. The molecule has 1 fully saturated rings. The lowest BCUT2D eigenvalue weighted by Gasteiger charge is -2.28. The second-order valence-electron chi connectivity index (χ2n) is 18.9. The molecule has 0 spiro atoms. The van der Waals surface area contributed by atoms with Gasteiger partial charge >= 0.3 is 18.2 Å². The van der Waals surface area contributed by atoms with Gasteiger partial charge in [0.1, 0.15) is 19.3 Å². The van der Waals surface area contributed by atoms with Crippen molar-refractivity contribution in [3.63, 3.8) is 0 Å². The third-order valence-corrected chi connectivity index (χ3v) is 15.1. The number of ether oxygens (including phenoxy) is 2. The zero-order valence-corrected chi connectivity index (χ0v) is 53.2. The van der Waals surface area contributed by atoms with Gasteiger partial charge in [0.25, 0.3) is 0 Å². The molecule has 4 aromatic carbocycles. The first-order valence-corrected chi connectivity index (χ1v) is 35.0. The van der Waals surface area contributed by atoms with E-state index >= 15 is 0 Å². The molecule has 5 atom stereocenters. The molecule has 3 heterocycles. The quantitative estimate of drug-likeness (QED) is 0.0308. The molecule has 5 amide bonds. The summed E-state index contributed by atoms with van der Waals surface area (Å²) in [5.74, 6) is -0.216. The lowest BCUT2D eigenvalue weighted by Crippen LogP contribution is -2.53. The Morgan fingerprint density at radius 1 is 0.570 bits per heavy atom. The van der Waals surface area contributed by atoms with E-state index in [-0.39, 0.29) is 79.3 Å². The highest BCUT2D eigenvalue weighted by Gasteiger charge is 2.35. The Labute approximate surface area is 516 Å². The summed E-state index contributed by atoms with van der Waals surface area (Å²) in [5, 5.41) is 12.3. The second kappa shape index (κ2) is 37.3. The monoisotopic (exact) mass is 1470 g/mol. The van der Waals surface area contributed by atoms with Gasteiger partial charge in [0.15, 0.2) is 0 Å². The first-order valence-electron chi connectivity index (χ1n) is 26.1. The van der Waals surface area contributed by atoms with Crippen molar-refractivity contribution >= 4 is 119 Å². The van der Waals surface area contributed by atoms with E-state index in [0.717, 1.165) is 64.3 Å². The molecule has 15 nitrogen and oxygen atoms in total. The van der Waals surface area contributed by atoms with E-state index in [1.807, 2.05) is 109 Å². The standard InChI is InChI=1S/C35H42N6O4S2.C23H27N3O2S.I2.HI/c1-2-32(40-34(43)41(29-15-16-29)21-30-19-36-23-46-30)33(42)38-27(17-25-9-5-3-6-10-25)13-14-28(18-26-11-7-4-8-12-26)39-35(44)45-22-31-20-37-24-47-31;24-20(13-18-7-3-1-4-8-18)11-12-21(14-19-9-5-2-6-10-19)26-23(27)28-16-22-15-25-17-29-22;1-2;/h3-12,19-20,23-24,27-29,32H,2,13-18,21-22H2,1H3,(H,38,42)(H,39,44)(H,40,43);1-10,15,17,20-21H,11-14,16,24H2,(H,26,27);;1H/t27-,28-,32-;20-,21-;;/m00../s1. The first-order chi connectivity index (χ1) is 38.1. The fraction of sp³-hybridized carbons (Fsp3) is 0.362. The van der Waals surface area contributed by atoms with Crippen LogP contribution in [0.3, 0.4) is 0 Å². The number of hydrogen-bond acceptors (Lipinski definition) is 13. The van der Waals surface area contributed by atoms with Gasteiger partial charge in [-0.1, -0.05) is 128 Å². The van der Waals surface area contributed by atoms with Gasteiger partial charge in [-0.25, -0.2) is 14.4 Å². The smallest absolute Gasteiger partial charge is 0.407 e. The molecule has 21 heteroatoms. The van der Waals surface area contributed by atoms with Crippen LogP contribution in [0.5, 0.6) is 0 Å². The largest absolute Gasteiger partial charge is 0.444 e. The average molecular weight is 1470 g/mol. The number of aromatic nitrogens is 3. The average Bonchev–Trinajstić information content (AvgIpc) is 3.82. The van der Waals surface area contributed by atoms with Crippen LogP contribution in [0.15, 0.2) is 156 Å². The number of nitrogens with zero attached hydrogens (tertiary/aromatic N) is 4. The SMILES string of the molecule is CC[C@H](NC(=O)N(Cc1cncs1)C1CC1)C(=O)N[C@@H](CC[C@@H](Cc1ccccc1)NC(=O)OCc1cncs1)Cc1ccccc1.I.II.N[C@@H](CC[C@@H](Cc1ccccc1)NC(=O)OCc1cncs1)Cc1ccccc1. The van der Waals surface area contributed by atoms with Crippen molar-refractivity contribution in [2.75, 3.05) is 0 Å². The summed E-state index contributed by atoms with van der Waals surface area (Å²) >= 11 is 8.66. The van der Waals surface area contributed by atoms with Crippen molar-refractivity contribution in [2.45, 2.75) is 134 Å². The zero-order chi connectivity index (χ0) is 55.2. The van der Waals surface area contributed by atoms with Crippen LogP contribution in [0, 0.1) is 0 Å². The number of benzene rings is 4. The maximum absolute atomic E-state index is 13.7. The number of alkyl carbamates (subject to hydrolysis) is 2. The summed E-state index contributed by atoms with van der Waals surface area (Å²) in [7, 11) is 0. The lowest BCUT2D eigenvalue weighted by atomic mass is 9.95. The van der Waals surface area contributed by atoms with E-state index in [1.165, 1.54) is 45.1 Å². The van der Waals surface area contributed by atoms with Gasteiger partial charge in [0, 0.05) is 90.9 Å². The molecule has 3 aromatic heterocycles. The van der Waals surface area contributed by atoms with E-state index in [4.69, 9.17) is 15.2 Å². The predicted molar refractivity (Wildman–Crippen MR) is 344 cm³/mol. The Kier molecular flexibility index (Phi) is 30.7. The van der Waals surface area contributed by atoms with E-state index in [1.54, 1.807) is 35.1 Å². The number of rotatable bonds is 27. The summed E-state index contributed by atoms with van der Waals surface area (Å²) in [6, 6.07) is 39.3. The van der Waals surface area contributed by atoms with Gasteiger partial charge < -0.3 is 41.4 Å². The maximum Gasteiger partial charge on any atom is 0.407 e. The molecule has 422 valence electrons. The second-order valence-corrected chi connectivity index (χ2v) is 21.8. The van der Waals surface area contributed by atoms with E-state index in [9.17, 15) is 19.2 Å². The van der Waals surface area contributed by atoms with Crippen LogP contribution < -0.4 is 27.0 Å². The van der Waals surface area contributed by atoms with Crippen molar-refractivity contribution in [2.24, 2.45) is 5.73 Å². The zero-order valence-electron chi connectivity index (χ0n) is 44.1. The fourth-order valence-electron chi connectivity index (χ4n) is 8.65. The normalized spacial score (nSPS) is 13.4. The molecule has 1 aliphatic carbocycles. The third-order valence-electron chi connectivity index (χ3n) is 12.8. The topological polar surface area (TPSA) is 203 Å². The minimum Gasteiger partial charge on any atom is -0.444 e. The Morgan fingerprint density at radius 3 is 1.33 bits per heavy atom. The number of thiazole rings is 3. The number of carbonyl (C=O) groups excluding carboxylic acids is 4. The number of halogens is 3. The summed E-state index contributed by atoms with van der Waals surface area (Å²) < 4.78 is 10.8.